The third-order valence-electron chi connectivity index (χ3n) is 2.86. The van der Waals surface area contributed by atoms with Crippen molar-refractivity contribution in [3.8, 4) is 11.5 Å². The van der Waals surface area contributed by atoms with Crippen LogP contribution in [0.2, 0.25) is 0 Å². The molecule has 0 aliphatic carbocycles. The molecule has 1 heterocycles. The number of benzene rings is 1. The van der Waals surface area contributed by atoms with Crippen molar-refractivity contribution >= 4 is 5.96 Å². The molecule has 0 saturated heterocycles. The molecule has 1 aromatic carbocycles. The lowest BCUT2D eigenvalue weighted by Gasteiger charge is -2.18. The summed E-state index contributed by atoms with van der Waals surface area (Å²) in [6.45, 7) is 5.63. The summed E-state index contributed by atoms with van der Waals surface area (Å²) in [6.07, 6.45) is 0.0247. The maximum absolute atomic E-state index is 5.85. The van der Waals surface area contributed by atoms with E-state index in [1.807, 2.05) is 31.2 Å². The SMILES string of the molecule is COc1ccccc1OC(C)CNC1=NCC(C)N1. The summed E-state index contributed by atoms with van der Waals surface area (Å²) in [5, 5.41) is 6.50. The Morgan fingerprint density at radius 2 is 2.16 bits per heavy atom. The topological polar surface area (TPSA) is 54.9 Å². The second-order valence-corrected chi connectivity index (χ2v) is 4.69. The number of ether oxygens (including phenoxy) is 2. The molecule has 1 aromatic rings. The highest BCUT2D eigenvalue weighted by atomic mass is 16.5. The van der Waals surface area contributed by atoms with Gasteiger partial charge in [0.1, 0.15) is 6.10 Å². The van der Waals surface area contributed by atoms with E-state index >= 15 is 0 Å². The molecule has 0 radical (unpaired) electrons. The Balaban J connectivity index is 1.82. The fourth-order valence-corrected chi connectivity index (χ4v) is 1.87. The maximum atomic E-state index is 5.85. The van der Waals surface area contributed by atoms with Crippen LogP contribution >= 0.6 is 0 Å². The van der Waals surface area contributed by atoms with Gasteiger partial charge in [0.05, 0.1) is 20.2 Å². The molecule has 1 aliphatic heterocycles. The van der Waals surface area contributed by atoms with Crippen molar-refractivity contribution < 1.29 is 9.47 Å². The quantitative estimate of drug-likeness (QED) is 0.843. The van der Waals surface area contributed by atoms with Crippen LogP contribution in [-0.4, -0.2) is 38.3 Å². The van der Waals surface area contributed by atoms with Gasteiger partial charge in [0.25, 0.3) is 0 Å². The van der Waals surface area contributed by atoms with Gasteiger partial charge in [-0.1, -0.05) is 12.1 Å². The van der Waals surface area contributed by atoms with Crippen LogP contribution in [0, 0.1) is 0 Å². The fourth-order valence-electron chi connectivity index (χ4n) is 1.87. The molecule has 0 spiro atoms. The van der Waals surface area contributed by atoms with Gasteiger partial charge >= 0.3 is 0 Å². The molecule has 2 N–H and O–H groups in total. The summed E-state index contributed by atoms with van der Waals surface area (Å²) in [4.78, 5) is 4.34. The molecule has 2 unspecified atom stereocenters. The van der Waals surface area contributed by atoms with Crippen LogP contribution in [0.5, 0.6) is 11.5 Å². The first-order valence-corrected chi connectivity index (χ1v) is 6.53. The number of methoxy groups -OCH3 is 1. The summed E-state index contributed by atoms with van der Waals surface area (Å²) in [7, 11) is 1.64. The van der Waals surface area contributed by atoms with Gasteiger partial charge in [0, 0.05) is 6.04 Å². The molecule has 0 saturated carbocycles. The van der Waals surface area contributed by atoms with E-state index in [4.69, 9.17) is 9.47 Å². The summed E-state index contributed by atoms with van der Waals surface area (Å²) in [5.41, 5.74) is 0. The molecule has 0 bridgehead atoms. The summed E-state index contributed by atoms with van der Waals surface area (Å²) in [5.74, 6) is 2.36. The largest absolute Gasteiger partial charge is 0.493 e. The minimum atomic E-state index is 0.0247. The second kappa shape index (κ2) is 6.31. The first-order chi connectivity index (χ1) is 9.19. The Morgan fingerprint density at radius 1 is 1.42 bits per heavy atom. The number of nitrogens with zero attached hydrogens (tertiary/aromatic N) is 1. The molecule has 19 heavy (non-hydrogen) atoms. The van der Waals surface area contributed by atoms with Crippen LogP contribution in [0.4, 0.5) is 0 Å². The molecular weight excluding hydrogens is 242 g/mol. The molecule has 1 aliphatic rings. The van der Waals surface area contributed by atoms with Gasteiger partial charge in [-0.3, -0.25) is 4.99 Å². The molecular formula is C14H21N3O2. The van der Waals surface area contributed by atoms with Gasteiger partial charge in [0.15, 0.2) is 17.5 Å². The third-order valence-corrected chi connectivity index (χ3v) is 2.86. The lowest BCUT2D eigenvalue weighted by Crippen LogP contribution is -2.41. The maximum Gasteiger partial charge on any atom is 0.191 e. The van der Waals surface area contributed by atoms with Crippen LogP contribution < -0.4 is 20.1 Å². The molecule has 0 amide bonds. The minimum Gasteiger partial charge on any atom is -0.493 e. The number of nitrogens with one attached hydrogen (secondary N) is 2. The molecule has 5 nitrogen and oxygen atoms in total. The van der Waals surface area contributed by atoms with E-state index < -0.39 is 0 Å². The van der Waals surface area contributed by atoms with E-state index in [9.17, 15) is 0 Å². The number of para-hydroxylation sites is 2. The molecule has 2 atom stereocenters. The monoisotopic (exact) mass is 263 g/mol. The summed E-state index contributed by atoms with van der Waals surface area (Å²) < 4.78 is 11.1. The highest BCUT2D eigenvalue weighted by Crippen LogP contribution is 2.26. The van der Waals surface area contributed by atoms with E-state index in [2.05, 4.69) is 22.5 Å². The van der Waals surface area contributed by atoms with Gasteiger partial charge in [0.2, 0.25) is 0 Å². The van der Waals surface area contributed by atoms with Gasteiger partial charge < -0.3 is 20.1 Å². The van der Waals surface area contributed by atoms with Gasteiger partial charge in [-0.05, 0) is 26.0 Å². The molecule has 5 heteroatoms. The average molecular weight is 263 g/mol. The zero-order chi connectivity index (χ0) is 13.7. The Morgan fingerprint density at radius 3 is 2.79 bits per heavy atom. The normalized spacial score (nSPS) is 19.3. The Labute approximate surface area is 114 Å². The molecule has 2 rings (SSSR count). The molecule has 0 aromatic heterocycles. The van der Waals surface area contributed by atoms with E-state index in [1.54, 1.807) is 7.11 Å². The van der Waals surface area contributed by atoms with Crippen molar-refractivity contribution in [3.05, 3.63) is 24.3 Å². The van der Waals surface area contributed by atoms with Crippen LogP contribution in [0.25, 0.3) is 0 Å². The minimum absolute atomic E-state index is 0.0247. The lowest BCUT2D eigenvalue weighted by molar-refractivity contribution is 0.213. The predicted molar refractivity (Wildman–Crippen MR) is 76.0 cm³/mol. The number of rotatable bonds is 5. The van der Waals surface area contributed by atoms with E-state index in [1.165, 1.54) is 0 Å². The van der Waals surface area contributed by atoms with Crippen molar-refractivity contribution in [2.24, 2.45) is 4.99 Å². The molecule has 0 fully saturated rings. The van der Waals surface area contributed by atoms with Crippen LogP contribution in [0.3, 0.4) is 0 Å². The number of hydrogen-bond acceptors (Lipinski definition) is 5. The van der Waals surface area contributed by atoms with Gasteiger partial charge in [-0.25, -0.2) is 0 Å². The van der Waals surface area contributed by atoms with E-state index in [0.29, 0.717) is 12.6 Å². The number of hydrogen-bond donors (Lipinski definition) is 2. The van der Waals surface area contributed by atoms with Crippen molar-refractivity contribution in [2.45, 2.75) is 26.0 Å². The summed E-state index contributed by atoms with van der Waals surface area (Å²) >= 11 is 0. The smallest absolute Gasteiger partial charge is 0.191 e. The predicted octanol–water partition coefficient (Wildman–Crippen LogP) is 1.40. The van der Waals surface area contributed by atoms with E-state index in [0.717, 1.165) is 24.0 Å². The standard InChI is InChI=1S/C14H21N3O2/c1-10-8-15-14(17-10)16-9-11(2)19-13-7-5-4-6-12(13)18-3/h4-7,10-11H,8-9H2,1-3H3,(H2,15,16,17). The average Bonchev–Trinajstić information content (AvgIpc) is 2.83. The van der Waals surface area contributed by atoms with Gasteiger partial charge in [-0.2, -0.15) is 0 Å². The second-order valence-electron chi connectivity index (χ2n) is 4.69. The fraction of sp³-hybridized carbons (Fsp3) is 0.500. The van der Waals surface area contributed by atoms with Crippen molar-refractivity contribution in [2.75, 3.05) is 20.2 Å². The van der Waals surface area contributed by atoms with E-state index in [-0.39, 0.29) is 6.10 Å². The lowest BCUT2D eigenvalue weighted by atomic mass is 10.3. The first-order valence-electron chi connectivity index (χ1n) is 6.53. The van der Waals surface area contributed by atoms with Crippen LogP contribution in [0.1, 0.15) is 13.8 Å². The Bertz CT molecular complexity index is 448. The molecule has 104 valence electrons. The Kier molecular flexibility index (Phi) is 4.49. The van der Waals surface area contributed by atoms with Crippen LogP contribution in [0.15, 0.2) is 29.3 Å². The zero-order valence-electron chi connectivity index (χ0n) is 11.6. The zero-order valence-corrected chi connectivity index (χ0v) is 11.6. The van der Waals surface area contributed by atoms with Gasteiger partial charge in [-0.15, -0.1) is 0 Å². The Hall–Kier alpha value is -1.91. The number of guanidine groups is 1. The number of aliphatic imine (C=N–C) groups is 1. The third kappa shape index (κ3) is 3.77. The van der Waals surface area contributed by atoms with Crippen molar-refractivity contribution in [3.63, 3.8) is 0 Å². The summed E-state index contributed by atoms with van der Waals surface area (Å²) in [6, 6.07) is 8.06. The highest BCUT2D eigenvalue weighted by Gasteiger charge is 2.14. The van der Waals surface area contributed by atoms with Crippen molar-refractivity contribution in [1.29, 1.82) is 0 Å². The first kappa shape index (κ1) is 13.5. The van der Waals surface area contributed by atoms with Crippen molar-refractivity contribution in [1.82, 2.24) is 10.6 Å². The van der Waals surface area contributed by atoms with Crippen LogP contribution in [-0.2, 0) is 0 Å². The highest BCUT2D eigenvalue weighted by molar-refractivity contribution is 5.81.